The number of carbonyl (C=O) groups excluding carboxylic acids is 3. The molecular weight excluding hydrogens is 348 g/mol. The molecule has 3 aliphatic heterocycles. The zero-order chi connectivity index (χ0) is 19.0. The van der Waals surface area contributed by atoms with Gasteiger partial charge in [-0.05, 0) is 24.0 Å². The summed E-state index contributed by atoms with van der Waals surface area (Å²) >= 11 is 0. The molecule has 2 fully saturated rings. The van der Waals surface area contributed by atoms with Crippen LogP contribution in [0.3, 0.4) is 0 Å². The molecule has 2 atom stereocenters. The molecule has 3 aliphatic rings. The fourth-order valence-corrected chi connectivity index (χ4v) is 4.05. The molecule has 8 heteroatoms. The summed E-state index contributed by atoms with van der Waals surface area (Å²) < 4.78 is 5.37. The second-order valence-electron chi connectivity index (χ2n) is 7.62. The minimum Gasteiger partial charge on any atom is -0.379 e. The number of imide groups is 1. The average molecular weight is 372 g/mol. The largest absolute Gasteiger partial charge is 0.379 e. The molecule has 27 heavy (non-hydrogen) atoms. The molecular formula is C19H24N4O4. The highest BCUT2D eigenvalue weighted by molar-refractivity contribution is 6.05. The van der Waals surface area contributed by atoms with E-state index in [1.165, 1.54) is 0 Å². The highest BCUT2D eigenvalue weighted by Crippen LogP contribution is 2.29. The lowest BCUT2D eigenvalue weighted by atomic mass is 9.99. The Balaban J connectivity index is 1.46. The third-order valence-corrected chi connectivity index (χ3v) is 5.57. The van der Waals surface area contributed by atoms with Gasteiger partial charge in [-0.25, -0.2) is 0 Å². The Kier molecular flexibility index (Phi) is 4.71. The molecule has 0 saturated carbocycles. The van der Waals surface area contributed by atoms with Crippen molar-refractivity contribution in [1.29, 1.82) is 0 Å². The van der Waals surface area contributed by atoms with Crippen molar-refractivity contribution in [2.75, 3.05) is 19.8 Å². The van der Waals surface area contributed by atoms with Gasteiger partial charge in [0.2, 0.25) is 11.8 Å². The van der Waals surface area contributed by atoms with Gasteiger partial charge in [-0.3, -0.25) is 19.7 Å². The van der Waals surface area contributed by atoms with Gasteiger partial charge in [-0.1, -0.05) is 18.2 Å². The van der Waals surface area contributed by atoms with Gasteiger partial charge in [-0.2, -0.15) is 0 Å². The average Bonchev–Trinajstić information content (AvgIpc) is 3.20. The van der Waals surface area contributed by atoms with Crippen molar-refractivity contribution < 1.29 is 19.1 Å². The summed E-state index contributed by atoms with van der Waals surface area (Å²) in [6, 6.07) is 5.17. The monoisotopic (exact) mass is 372 g/mol. The third-order valence-electron chi connectivity index (χ3n) is 5.57. The molecule has 3 heterocycles. The number of nitrogens with two attached hydrogens (primary N) is 1. The van der Waals surface area contributed by atoms with Gasteiger partial charge >= 0.3 is 0 Å². The lowest BCUT2D eigenvalue weighted by Crippen LogP contribution is -2.52. The van der Waals surface area contributed by atoms with Crippen LogP contribution in [0.2, 0.25) is 0 Å². The third kappa shape index (κ3) is 3.47. The van der Waals surface area contributed by atoms with E-state index in [2.05, 4.69) is 10.6 Å². The summed E-state index contributed by atoms with van der Waals surface area (Å²) in [5, 5.41) is 5.67. The molecule has 0 spiro atoms. The van der Waals surface area contributed by atoms with Gasteiger partial charge in [0.15, 0.2) is 0 Å². The number of fused-ring (bicyclic) bond motifs is 1. The molecule has 1 aromatic carbocycles. The molecule has 0 bridgehead atoms. The molecule has 2 saturated heterocycles. The zero-order valence-corrected chi connectivity index (χ0v) is 15.1. The molecule has 2 unspecified atom stereocenters. The van der Waals surface area contributed by atoms with E-state index in [0.29, 0.717) is 44.8 Å². The minimum absolute atomic E-state index is 0.149. The maximum Gasteiger partial charge on any atom is 0.255 e. The Hall–Kier alpha value is -2.29. The Bertz CT molecular complexity index is 788. The van der Waals surface area contributed by atoms with Gasteiger partial charge in [-0.15, -0.1) is 0 Å². The van der Waals surface area contributed by atoms with Gasteiger partial charge < -0.3 is 20.7 Å². The molecule has 4 rings (SSSR count). The van der Waals surface area contributed by atoms with Gasteiger partial charge in [0.25, 0.3) is 5.91 Å². The van der Waals surface area contributed by atoms with Crippen molar-refractivity contribution in [2.24, 2.45) is 5.73 Å². The molecule has 0 aliphatic carbocycles. The van der Waals surface area contributed by atoms with E-state index in [-0.39, 0.29) is 23.8 Å². The Morgan fingerprint density at radius 2 is 2.19 bits per heavy atom. The molecule has 0 radical (unpaired) electrons. The summed E-state index contributed by atoms with van der Waals surface area (Å²) in [6.07, 6.45) is 1.44. The summed E-state index contributed by atoms with van der Waals surface area (Å²) in [5.41, 5.74) is 8.38. The predicted molar refractivity (Wildman–Crippen MR) is 96.5 cm³/mol. The maximum atomic E-state index is 13.0. The van der Waals surface area contributed by atoms with E-state index < -0.39 is 11.9 Å². The zero-order valence-electron chi connectivity index (χ0n) is 15.1. The molecule has 8 nitrogen and oxygen atoms in total. The minimum atomic E-state index is -0.591. The molecule has 144 valence electrons. The number of nitrogens with one attached hydrogen (secondary N) is 2. The first-order valence-electron chi connectivity index (χ1n) is 9.30. The van der Waals surface area contributed by atoms with Crippen molar-refractivity contribution in [2.45, 2.75) is 43.9 Å². The number of ether oxygens (including phenoxy) is 1. The molecule has 3 amide bonds. The Labute approximate surface area is 157 Å². The Morgan fingerprint density at radius 3 is 2.93 bits per heavy atom. The maximum absolute atomic E-state index is 13.0. The summed E-state index contributed by atoms with van der Waals surface area (Å²) in [7, 11) is 0. The van der Waals surface area contributed by atoms with Crippen LogP contribution in [0, 0.1) is 0 Å². The number of carbonyl (C=O) groups is 3. The smallest absolute Gasteiger partial charge is 0.255 e. The van der Waals surface area contributed by atoms with Crippen molar-refractivity contribution in [3.63, 3.8) is 0 Å². The van der Waals surface area contributed by atoms with Crippen LogP contribution in [-0.2, 0) is 27.4 Å². The first-order chi connectivity index (χ1) is 13.0. The van der Waals surface area contributed by atoms with Gasteiger partial charge in [0, 0.05) is 38.2 Å². The first-order valence-corrected chi connectivity index (χ1v) is 9.30. The predicted octanol–water partition coefficient (Wildman–Crippen LogP) is -0.345. The van der Waals surface area contributed by atoms with Crippen molar-refractivity contribution in [3.8, 4) is 0 Å². The normalized spacial score (nSPS) is 27.8. The number of nitrogens with zero attached hydrogens (tertiary/aromatic N) is 1. The van der Waals surface area contributed by atoms with Crippen LogP contribution < -0.4 is 16.4 Å². The van der Waals surface area contributed by atoms with Crippen LogP contribution in [0.15, 0.2) is 18.2 Å². The number of piperidine rings is 1. The highest BCUT2D eigenvalue weighted by Gasteiger charge is 2.40. The van der Waals surface area contributed by atoms with Crippen molar-refractivity contribution >= 4 is 17.7 Å². The van der Waals surface area contributed by atoms with E-state index in [4.69, 9.17) is 10.5 Å². The number of amides is 3. The summed E-state index contributed by atoms with van der Waals surface area (Å²) in [5.74, 6) is -0.821. The standard InChI is InChI=1S/C19H24N4O4/c20-19(6-7-27-11-19)10-21-8-12-2-1-3-13-9-23(18(26)16(12)13)14-4-5-15(24)22-17(14)25/h1-3,14,21H,4-11,20H2,(H,22,24,25). The van der Waals surface area contributed by atoms with Crippen molar-refractivity contribution in [3.05, 3.63) is 34.9 Å². The Morgan fingerprint density at radius 1 is 1.33 bits per heavy atom. The SMILES string of the molecule is NC1(CNCc2cccc3c2C(=O)N(C2CCC(=O)NC2=O)C3)CCOC1. The molecule has 1 aromatic rings. The van der Waals surface area contributed by atoms with Crippen LogP contribution in [0.1, 0.15) is 40.7 Å². The number of benzene rings is 1. The molecule has 0 aromatic heterocycles. The second kappa shape index (κ2) is 7.03. The van der Waals surface area contributed by atoms with Crippen LogP contribution in [0.25, 0.3) is 0 Å². The number of hydrogen-bond donors (Lipinski definition) is 3. The molecule has 4 N–H and O–H groups in total. The fourth-order valence-electron chi connectivity index (χ4n) is 4.05. The van der Waals surface area contributed by atoms with E-state index in [1.807, 2.05) is 18.2 Å². The van der Waals surface area contributed by atoms with Crippen LogP contribution in [0.5, 0.6) is 0 Å². The lowest BCUT2D eigenvalue weighted by Gasteiger charge is -2.29. The van der Waals surface area contributed by atoms with Crippen LogP contribution in [-0.4, -0.2) is 54.0 Å². The topological polar surface area (TPSA) is 114 Å². The van der Waals surface area contributed by atoms with Gasteiger partial charge in [0.1, 0.15) is 6.04 Å². The quantitative estimate of drug-likeness (QED) is 0.609. The van der Waals surface area contributed by atoms with E-state index in [0.717, 1.165) is 17.5 Å². The van der Waals surface area contributed by atoms with E-state index >= 15 is 0 Å². The van der Waals surface area contributed by atoms with E-state index in [9.17, 15) is 14.4 Å². The summed E-state index contributed by atoms with van der Waals surface area (Å²) in [6.45, 7) is 2.75. The van der Waals surface area contributed by atoms with Crippen LogP contribution in [0.4, 0.5) is 0 Å². The van der Waals surface area contributed by atoms with E-state index in [1.54, 1.807) is 4.90 Å². The number of hydrogen-bond acceptors (Lipinski definition) is 6. The first kappa shape index (κ1) is 18.1. The second-order valence-corrected chi connectivity index (χ2v) is 7.62. The number of rotatable bonds is 5. The van der Waals surface area contributed by atoms with Crippen molar-refractivity contribution in [1.82, 2.24) is 15.5 Å². The van der Waals surface area contributed by atoms with Crippen LogP contribution >= 0.6 is 0 Å². The fraction of sp³-hybridized carbons (Fsp3) is 0.526. The lowest BCUT2D eigenvalue weighted by molar-refractivity contribution is -0.136. The summed E-state index contributed by atoms with van der Waals surface area (Å²) in [4.78, 5) is 38.1. The highest BCUT2D eigenvalue weighted by atomic mass is 16.5. The van der Waals surface area contributed by atoms with Gasteiger partial charge in [0.05, 0.1) is 12.1 Å².